The lowest BCUT2D eigenvalue weighted by atomic mass is 10.2. The zero-order valence-electron chi connectivity index (χ0n) is 8.44. The Bertz CT molecular complexity index is 366. The smallest absolute Gasteiger partial charge is 0.140 e. The molecule has 0 saturated carbocycles. The van der Waals surface area contributed by atoms with Crippen LogP contribution in [0.4, 0.5) is 0 Å². The van der Waals surface area contributed by atoms with Gasteiger partial charge in [-0.2, -0.15) is 5.26 Å². The Hall–Kier alpha value is -1.44. The van der Waals surface area contributed by atoms with Gasteiger partial charge in [0.1, 0.15) is 11.8 Å². The minimum atomic E-state index is 0.448. The fourth-order valence-electron chi connectivity index (χ4n) is 1.60. The first-order valence-corrected chi connectivity index (χ1v) is 5.04. The quantitative estimate of drug-likeness (QED) is 0.790. The first-order chi connectivity index (χ1) is 7.38. The van der Waals surface area contributed by atoms with Crippen LogP contribution < -0.4 is 5.32 Å². The molecule has 4 nitrogen and oxygen atoms in total. The normalized spacial score (nSPS) is 20.1. The van der Waals surface area contributed by atoms with E-state index in [0.717, 1.165) is 31.7 Å². The fourth-order valence-corrected chi connectivity index (χ4v) is 1.60. The van der Waals surface area contributed by atoms with Gasteiger partial charge in [0, 0.05) is 25.4 Å². The molecule has 4 heteroatoms. The van der Waals surface area contributed by atoms with E-state index in [2.05, 4.69) is 10.3 Å². The number of pyridine rings is 1. The summed E-state index contributed by atoms with van der Waals surface area (Å²) >= 11 is 0. The van der Waals surface area contributed by atoms with Crippen molar-refractivity contribution in [3.8, 4) is 6.07 Å². The van der Waals surface area contributed by atoms with Gasteiger partial charge >= 0.3 is 0 Å². The standard InChI is InChI=1S/C11H13N3O/c12-6-11-5-9(1-3-13-11)7-14-10-2-4-15-8-10/h1,3,5,10,14H,2,4,7-8H2. The van der Waals surface area contributed by atoms with Gasteiger partial charge in [-0.25, -0.2) is 4.98 Å². The molecule has 1 aliphatic rings. The van der Waals surface area contributed by atoms with Crippen molar-refractivity contribution >= 4 is 0 Å². The van der Waals surface area contributed by atoms with E-state index in [0.29, 0.717) is 11.7 Å². The SMILES string of the molecule is N#Cc1cc(CNC2CCOC2)ccn1. The minimum absolute atomic E-state index is 0.448. The second kappa shape index (κ2) is 4.87. The van der Waals surface area contributed by atoms with Crippen LogP contribution in [0, 0.1) is 11.3 Å². The summed E-state index contributed by atoms with van der Waals surface area (Å²) in [7, 11) is 0. The second-order valence-corrected chi connectivity index (χ2v) is 3.60. The third-order valence-corrected chi connectivity index (χ3v) is 2.46. The number of nitrogens with zero attached hydrogens (tertiary/aromatic N) is 2. The highest BCUT2D eigenvalue weighted by Crippen LogP contribution is 2.06. The molecule has 1 N–H and O–H groups in total. The Morgan fingerprint density at radius 3 is 3.33 bits per heavy atom. The summed E-state index contributed by atoms with van der Waals surface area (Å²) in [6.07, 6.45) is 2.73. The largest absolute Gasteiger partial charge is 0.380 e. The van der Waals surface area contributed by atoms with Gasteiger partial charge in [0.05, 0.1) is 6.61 Å². The predicted octanol–water partition coefficient (Wildman–Crippen LogP) is 0.832. The predicted molar refractivity (Wildman–Crippen MR) is 55.0 cm³/mol. The molecule has 1 unspecified atom stereocenters. The van der Waals surface area contributed by atoms with Gasteiger partial charge in [0.2, 0.25) is 0 Å². The van der Waals surface area contributed by atoms with Gasteiger partial charge in [0.15, 0.2) is 0 Å². The summed E-state index contributed by atoms with van der Waals surface area (Å²) in [6.45, 7) is 2.40. The summed E-state index contributed by atoms with van der Waals surface area (Å²) < 4.78 is 5.26. The van der Waals surface area contributed by atoms with Crippen molar-refractivity contribution in [2.75, 3.05) is 13.2 Å². The second-order valence-electron chi connectivity index (χ2n) is 3.60. The van der Waals surface area contributed by atoms with E-state index in [9.17, 15) is 0 Å². The fraction of sp³-hybridized carbons (Fsp3) is 0.455. The molecule has 15 heavy (non-hydrogen) atoms. The average Bonchev–Trinajstić information content (AvgIpc) is 2.79. The molecule has 1 aromatic rings. The van der Waals surface area contributed by atoms with Gasteiger partial charge in [-0.1, -0.05) is 0 Å². The Kier molecular flexibility index (Phi) is 3.28. The average molecular weight is 203 g/mol. The molecule has 78 valence electrons. The van der Waals surface area contributed by atoms with E-state index in [4.69, 9.17) is 10.00 Å². The maximum absolute atomic E-state index is 8.69. The molecule has 1 saturated heterocycles. The van der Waals surface area contributed by atoms with Crippen LogP contribution in [-0.2, 0) is 11.3 Å². The van der Waals surface area contributed by atoms with Crippen LogP contribution in [0.2, 0.25) is 0 Å². The zero-order valence-corrected chi connectivity index (χ0v) is 8.44. The Morgan fingerprint density at radius 1 is 1.67 bits per heavy atom. The van der Waals surface area contributed by atoms with Crippen LogP contribution in [0.5, 0.6) is 0 Å². The van der Waals surface area contributed by atoms with Crippen LogP contribution >= 0.6 is 0 Å². The van der Waals surface area contributed by atoms with Crippen molar-refractivity contribution in [3.63, 3.8) is 0 Å². The molecule has 0 aliphatic carbocycles. The zero-order chi connectivity index (χ0) is 10.5. The summed E-state index contributed by atoms with van der Waals surface area (Å²) in [6, 6.07) is 6.21. The van der Waals surface area contributed by atoms with Crippen LogP contribution in [0.15, 0.2) is 18.3 Å². The van der Waals surface area contributed by atoms with E-state index >= 15 is 0 Å². The molecule has 1 aromatic heterocycles. The lowest BCUT2D eigenvalue weighted by Crippen LogP contribution is -2.28. The number of nitriles is 1. The van der Waals surface area contributed by atoms with E-state index < -0.39 is 0 Å². The van der Waals surface area contributed by atoms with E-state index in [1.165, 1.54) is 0 Å². The molecule has 1 aliphatic heterocycles. The molecule has 1 fully saturated rings. The van der Waals surface area contributed by atoms with Gasteiger partial charge in [-0.3, -0.25) is 0 Å². The Balaban J connectivity index is 1.90. The molecule has 1 atom stereocenters. The lowest BCUT2D eigenvalue weighted by Gasteiger charge is -2.09. The summed E-state index contributed by atoms with van der Waals surface area (Å²) in [5.41, 5.74) is 1.56. The third-order valence-electron chi connectivity index (χ3n) is 2.46. The molecule has 0 radical (unpaired) electrons. The minimum Gasteiger partial charge on any atom is -0.380 e. The first-order valence-electron chi connectivity index (χ1n) is 5.04. The lowest BCUT2D eigenvalue weighted by molar-refractivity contribution is 0.190. The number of hydrogen-bond donors (Lipinski definition) is 1. The third kappa shape index (κ3) is 2.75. The maximum atomic E-state index is 8.69. The highest BCUT2D eigenvalue weighted by molar-refractivity contribution is 5.25. The van der Waals surface area contributed by atoms with Crippen LogP contribution in [-0.4, -0.2) is 24.2 Å². The summed E-state index contributed by atoms with van der Waals surface area (Å²) in [5.74, 6) is 0. The van der Waals surface area contributed by atoms with Crippen LogP contribution in [0.1, 0.15) is 17.7 Å². The van der Waals surface area contributed by atoms with Crippen molar-refractivity contribution in [1.82, 2.24) is 10.3 Å². The van der Waals surface area contributed by atoms with Crippen molar-refractivity contribution in [3.05, 3.63) is 29.6 Å². The van der Waals surface area contributed by atoms with Crippen molar-refractivity contribution in [2.45, 2.75) is 19.0 Å². The molecular weight excluding hydrogens is 190 g/mol. The maximum Gasteiger partial charge on any atom is 0.140 e. The van der Waals surface area contributed by atoms with E-state index in [-0.39, 0.29) is 0 Å². The summed E-state index contributed by atoms with van der Waals surface area (Å²) in [5, 5.41) is 12.1. The molecule has 0 aromatic carbocycles. The molecule has 0 bridgehead atoms. The molecule has 0 spiro atoms. The van der Waals surface area contributed by atoms with E-state index in [1.807, 2.05) is 18.2 Å². The van der Waals surface area contributed by atoms with Gasteiger partial charge in [-0.15, -0.1) is 0 Å². The molecule has 2 heterocycles. The van der Waals surface area contributed by atoms with E-state index in [1.54, 1.807) is 6.20 Å². The van der Waals surface area contributed by atoms with Crippen LogP contribution in [0.3, 0.4) is 0 Å². The topological polar surface area (TPSA) is 57.9 Å². The number of rotatable bonds is 3. The Labute approximate surface area is 88.9 Å². The van der Waals surface area contributed by atoms with Gasteiger partial charge in [-0.05, 0) is 24.1 Å². The molecule has 0 amide bonds. The van der Waals surface area contributed by atoms with Crippen molar-refractivity contribution < 1.29 is 4.74 Å². The molecular formula is C11H13N3O. The Morgan fingerprint density at radius 2 is 2.60 bits per heavy atom. The van der Waals surface area contributed by atoms with Crippen molar-refractivity contribution in [1.29, 1.82) is 5.26 Å². The molecule has 2 rings (SSSR count). The van der Waals surface area contributed by atoms with Crippen molar-refractivity contribution in [2.24, 2.45) is 0 Å². The number of ether oxygens (including phenoxy) is 1. The highest BCUT2D eigenvalue weighted by atomic mass is 16.5. The van der Waals surface area contributed by atoms with Gasteiger partial charge in [0.25, 0.3) is 0 Å². The number of aromatic nitrogens is 1. The highest BCUT2D eigenvalue weighted by Gasteiger charge is 2.14. The summed E-state index contributed by atoms with van der Waals surface area (Å²) in [4.78, 5) is 3.92. The number of nitrogens with one attached hydrogen (secondary N) is 1. The number of hydrogen-bond acceptors (Lipinski definition) is 4. The monoisotopic (exact) mass is 203 g/mol. The van der Waals surface area contributed by atoms with Crippen LogP contribution in [0.25, 0.3) is 0 Å². The first kappa shape index (κ1) is 10.1. The van der Waals surface area contributed by atoms with Gasteiger partial charge < -0.3 is 10.1 Å².